The van der Waals surface area contributed by atoms with Crippen LogP contribution in [0.15, 0.2) is 23.8 Å². The van der Waals surface area contributed by atoms with E-state index in [0.717, 1.165) is 37.1 Å². The molecule has 1 aliphatic rings. The number of unbranched alkanes of at least 4 members (excludes halogenated alkanes) is 3. The number of likely N-dealkylation sites (N-methyl/N-ethyl adjacent to an activating group) is 1. The van der Waals surface area contributed by atoms with Crippen LogP contribution in [0.1, 0.15) is 39.0 Å². The molecule has 1 heterocycles. The van der Waals surface area contributed by atoms with Gasteiger partial charge in [0.2, 0.25) is 5.90 Å². The Morgan fingerprint density at radius 3 is 2.89 bits per heavy atom. The zero-order valence-corrected chi connectivity index (χ0v) is 11.8. The summed E-state index contributed by atoms with van der Waals surface area (Å²) in [5.74, 6) is 0.244. The monoisotopic (exact) mass is 250 g/mol. The van der Waals surface area contributed by atoms with Gasteiger partial charge in [-0.1, -0.05) is 38.8 Å². The van der Waals surface area contributed by atoms with Crippen molar-refractivity contribution in [3.05, 3.63) is 23.8 Å². The number of ether oxygens (including phenoxy) is 1. The largest absolute Gasteiger partial charge is 0.478 e. The van der Waals surface area contributed by atoms with E-state index in [-0.39, 0.29) is 5.90 Å². The zero-order valence-electron chi connectivity index (χ0n) is 11.8. The van der Waals surface area contributed by atoms with Crippen molar-refractivity contribution in [3.63, 3.8) is 0 Å². The molecule has 1 rings (SSSR count). The van der Waals surface area contributed by atoms with E-state index in [9.17, 15) is 0 Å². The Balaban J connectivity index is 2.28. The summed E-state index contributed by atoms with van der Waals surface area (Å²) in [5.41, 5.74) is 1.89. The van der Waals surface area contributed by atoms with Crippen molar-refractivity contribution in [1.29, 1.82) is 5.41 Å². The third-order valence-electron chi connectivity index (χ3n) is 3.25. The van der Waals surface area contributed by atoms with Crippen molar-refractivity contribution in [1.82, 2.24) is 4.90 Å². The topological polar surface area (TPSA) is 36.3 Å². The third kappa shape index (κ3) is 5.05. The van der Waals surface area contributed by atoms with E-state index in [1.54, 1.807) is 0 Å². The first kappa shape index (κ1) is 15.0. The van der Waals surface area contributed by atoms with Gasteiger partial charge in [0.1, 0.15) is 0 Å². The maximum atomic E-state index is 7.90. The molecular formula is C15H26N2O. The van der Waals surface area contributed by atoms with Crippen LogP contribution in [0.4, 0.5) is 0 Å². The molecule has 0 saturated carbocycles. The lowest BCUT2D eigenvalue weighted by molar-refractivity contribution is 0.289. The van der Waals surface area contributed by atoms with E-state index in [1.807, 2.05) is 0 Å². The Labute approximate surface area is 111 Å². The molecule has 0 amide bonds. The summed E-state index contributed by atoms with van der Waals surface area (Å²) in [6.07, 6.45) is 7.90. The highest BCUT2D eigenvalue weighted by Crippen LogP contribution is 2.16. The van der Waals surface area contributed by atoms with Gasteiger partial charge in [-0.25, -0.2) is 0 Å². The molecule has 102 valence electrons. The predicted molar refractivity (Wildman–Crippen MR) is 77.2 cm³/mol. The standard InChI is InChI=1S/C15H26N2O/c1-4-5-6-7-11-18-15(16)13(2)14-9-8-10-17(3)12-14/h9,16H,2,4-8,10-12H2,1,3H3. The molecule has 3 heteroatoms. The van der Waals surface area contributed by atoms with Gasteiger partial charge in [0.15, 0.2) is 0 Å². The number of nitrogens with one attached hydrogen (secondary N) is 1. The summed E-state index contributed by atoms with van der Waals surface area (Å²) in [7, 11) is 2.09. The fourth-order valence-corrected chi connectivity index (χ4v) is 2.05. The highest BCUT2D eigenvalue weighted by molar-refractivity contribution is 5.95. The van der Waals surface area contributed by atoms with Crippen LogP contribution in [-0.2, 0) is 4.74 Å². The van der Waals surface area contributed by atoms with Gasteiger partial charge in [0.25, 0.3) is 0 Å². The minimum Gasteiger partial charge on any atom is -0.478 e. The lowest BCUT2D eigenvalue weighted by Gasteiger charge is -2.24. The van der Waals surface area contributed by atoms with Crippen molar-refractivity contribution in [2.45, 2.75) is 39.0 Å². The van der Waals surface area contributed by atoms with Gasteiger partial charge in [-0.05, 0) is 25.5 Å². The van der Waals surface area contributed by atoms with Gasteiger partial charge in [-0.3, -0.25) is 5.41 Å². The number of hydrogen-bond acceptors (Lipinski definition) is 3. The molecule has 0 radical (unpaired) electrons. The van der Waals surface area contributed by atoms with Crippen molar-refractivity contribution >= 4 is 5.90 Å². The Hall–Kier alpha value is -1.09. The van der Waals surface area contributed by atoms with E-state index in [0.29, 0.717) is 6.61 Å². The van der Waals surface area contributed by atoms with Crippen LogP contribution >= 0.6 is 0 Å². The highest BCUT2D eigenvalue weighted by atomic mass is 16.5. The van der Waals surface area contributed by atoms with Gasteiger partial charge in [-0.15, -0.1) is 0 Å². The second kappa shape index (κ2) is 8.09. The fraction of sp³-hybridized carbons (Fsp3) is 0.667. The van der Waals surface area contributed by atoms with Gasteiger partial charge >= 0.3 is 0 Å². The molecule has 0 aromatic carbocycles. The molecule has 1 N–H and O–H groups in total. The Bertz CT molecular complexity index is 320. The second-order valence-corrected chi connectivity index (χ2v) is 4.97. The van der Waals surface area contributed by atoms with Crippen molar-refractivity contribution in [2.75, 3.05) is 26.7 Å². The molecule has 0 unspecified atom stereocenters. The first-order chi connectivity index (χ1) is 8.65. The van der Waals surface area contributed by atoms with Crippen LogP contribution < -0.4 is 0 Å². The van der Waals surface area contributed by atoms with Gasteiger partial charge in [0.05, 0.1) is 6.61 Å². The summed E-state index contributed by atoms with van der Waals surface area (Å²) in [4.78, 5) is 2.25. The molecule has 0 saturated heterocycles. The molecule has 1 aliphatic heterocycles. The fourth-order valence-electron chi connectivity index (χ4n) is 2.05. The Morgan fingerprint density at radius 2 is 2.22 bits per heavy atom. The molecule has 3 nitrogen and oxygen atoms in total. The van der Waals surface area contributed by atoms with Gasteiger partial charge < -0.3 is 9.64 Å². The Morgan fingerprint density at radius 1 is 1.44 bits per heavy atom. The average Bonchev–Trinajstić information content (AvgIpc) is 2.37. The zero-order chi connectivity index (χ0) is 13.4. The normalized spacial score (nSPS) is 16.2. The average molecular weight is 250 g/mol. The molecule has 0 atom stereocenters. The molecular weight excluding hydrogens is 224 g/mol. The number of rotatable bonds is 7. The second-order valence-electron chi connectivity index (χ2n) is 4.97. The smallest absolute Gasteiger partial charge is 0.212 e. The molecule has 0 spiro atoms. The Kier molecular flexibility index (Phi) is 6.73. The van der Waals surface area contributed by atoms with E-state index < -0.39 is 0 Å². The van der Waals surface area contributed by atoms with Crippen LogP contribution in [0.2, 0.25) is 0 Å². The van der Waals surface area contributed by atoms with E-state index in [4.69, 9.17) is 10.1 Å². The lowest BCUT2D eigenvalue weighted by Crippen LogP contribution is -2.27. The van der Waals surface area contributed by atoms with Crippen molar-refractivity contribution in [2.24, 2.45) is 0 Å². The molecule has 0 bridgehead atoms. The van der Waals surface area contributed by atoms with E-state index in [1.165, 1.54) is 19.3 Å². The lowest BCUT2D eigenvalue weighted by atomic mass is 10.0. The van der Waals surface area contributed by atoms with Crippen LogP contribution in [0.5, 0.6) is 0 Å². The third-order valence-corrected chi connectivity index (χ3v) is 3.25. The highest BCUT2D eigenvalue weighted by Gasteiger charge is 2.15. The first-order valence-electron chi connectivity index (χ1n) is 6.93. The first-order valence-corrected chi connectivity index (χ1v) is 6.93. The SMILES string of the molecule is C=C(C(=N)OCCCCCC)C1=CCCN(C)C1. The molecule has 0 aliphatic carbocycles. The molecule has 0 aromatic heterocycles. The van der Waals surface area contributed by atoms with Gasteiger partial charge in [-0.2, -0.15) is 0 Å². The molecule has 18 heavy (non-hydrogen) atoms. The van der Waals surface area contributed by atoms with Crippen molar-refractivity contribution < 1.29 is 4.74 Å². The molecule has 0 aromatic rings. The summed E-state index contributed by atoms with van der Waals surface area (Å²) in [6.45, 7) is 8.78. The minimum atomic E-state index is 0.244. The quantitative estimate of drug-likeness (QED) is 0.427. The van der Waals surface area contributed by atoms with Gasteiger partial charge in [0, 0.05) is 18.7 Å². The number of nitrogens with zero attached hydrogens (tertiary/aromatic N) is 1. The molecule has 0 fully saturated rings. The summed E-state index contributed by atoms with van der Waals surface area (Å²) in [6, 6.07) is 0. The summed E-state index contributed by atoms with van der Waals surface area (Å²) in [5, 5.41) is 7.90. The van der Waals surface area contributed by atoms with Crippen LogP contribution in [0.3, 0.4) is 0 Å². The summed E-state index contributed by atoms with van der Waals surface area (Å²) < 4.78 is 5.46. The summed E-state index contributed by atoms with van der Waals surface area (Å²) >= 11 is 0. The van der Waals surface area contributed by atoms with Crippen LogP contribution in [0, 0.1) is 5.41 Å². The number of hydrogen-bond donors (Lipinski definition) is 1. The van der Waals surface area contributed by atoms with Crippen molar-refractivity contribution in [3.8, 4) is 0 Å². The minimum absolute atomic E-state index is 0.244. The van der Waals surface area contributed by atoms with E-state index in [2.05, 4.69) is 31.5 Å². The predicted octanol–water partition coefficient (Wildman–Crippen LogP) is 3.38. The maximum absolute atomic E-state index is 7.90. The maximum Gasteiger partial charge on any atom is 0.212 e. The van der Waals surface area contributed by atoms with Crippen LogP contribution in [-0.4, -0.2) is 37.5 Å². The van der Waals surface area contributed by atoms with Crippen LogP contribution in [0.25, 0.3) is 0 Å². The van der Waals surface area contributed by atoms with E-state index >= 15 is 0 Å².